The second-order valence-corrected chi connectivity index (χ2v) is 11.8. The molecule has 0 amide bonds. The third-order valence-electron chi connectivity index (χ3n) is 8.31. The third-order valence-corrected chi connectivity index (χ3v) is 8.31. The summed E-state index contributed by atoms with van der Waals surface area (Å²) in [6.07, 6.45) is 9.78. The number of unbranched alkanes of at least 4 members (excludes halogenated alkanes) is 2. The minimum atomic E-state index is 0.00854. The van der Waals surface area contributed by atoms with Crippen LogP contribution in [0.25, 0.3) is 34.2 Å². The highest BCUT2D eigenvalue weighted by Gasteiger charge is 2.17. The SMILES string of the molecule is CCCCC(CC)COC.CCCCC(CC)COc1ccc(-c2nc(-c3ccc(OC)cc3)nc(-c3ccccc3O)n2)c(O)c1. The summed E-state index contributed by atoms with van der Waals surface area (Å²) in [4.78, 5) is 13.9. The monoisotopic (exact) mass is 643 g/mol. The van der Waals surface area contributed by atoms with Gasteiger partial charge in [0.25, 0.3) is 0 Å². The summed E-state index contributed by atoms with van der Waals surface area (Å²) in [7, 11) is 3.39. The number of phenols is 2. The molecule has 4 aromatic rings. The average Bonchev–Trinajstić information content (AvgIpc) is 3.10. The molecule has 2 N–H and O–H groups in total. The van der Waals surface area contributed by atoms with Crippen LogP contribution in [0.15, 0.2) is 66.7 Å². The van der Waals surface area contributed by atoms with Gasteiger partial charge in [-0.05, 0) is 73.2 Å². The lowest BCUT2D eigenvalue weighted by molar-refractivity contribution is 0.144. The first-order valence-corrected chi connectivity index (χ1v) is 17.0. The zero-order valence-corrected chi connectivity index (χ0v) is 29.0. The second-order valence-electron chi connectivity index (χ2n) is 11.8. The van der Waals surface area contributed by atoms with Gasteiger partial charge in [-0.2, -0.15) is 0 Å². The molecule has 0 aliphatic heterocycles. The smallest absolute Gasteiger partial charge is 0.167 e. The number of hydrogen-bond donors (Lipinski definition) is 2. The van der Waals surface area contributed by atoms with E-state index >= 15 is 0 Å². The Balaban J connectivity index is 0.000000520. The summed E-state index contributed by atoms with van der Waals surface area (Å²) in [6.45, 7) is 10.4. The lowest BCUT2D eigenvalue weighted by atomic mass is 10.0. The van der Waals surface area contributed by atoms with Gasteiger partial charge in [-0.25, -0.2) is 15.0 Å². The molecule has 8 heteroatoms. The molecule has 0 radical (unpaired) electrons. The number of phenolic OH excluding ortho intramolecular Hbond substituents is 2. The van der Waals surface area contributed by atoms with Crippen molar-refractivity contribution in [3.63, 3.8) is 0 Å². The van der Waals surface area contributed by atoms with Crippen molar-refractivity contribution < 1.29 is 24.4 Å². The molecule has 0 saturated carbocycles. The van der Waals surface area contributed by atoms with Gasteiger partial charge in [0.2, 0.25) is 0 Å². The van der Waals surface area contributed by atoms with Gasteiger partial charge in [-0.15, -0.1) is 0 Å². The maximum absolute atomic E-state index is 10.9. The van der Waals surface area contributed by atoms with E-state index in [-0.39, 0.29) is 17.3 Å². The van der Waals surface area contributed by atoms with E-state index in [1.54, 1.807) is 50.6 Å². The minimum absolute atomic E-state index is 0.00854. The van der Waals surface area contributed by atoms with Crippen LogP contribution >= 0.6 is 0 Å². The maximum atomic E-state index is 10.9. The van der Waals surface area contributed by atoms with Crippen LogP contribution in [-0.2, 0) is 4.74 Å². The van der Waals surface area contributed by atoms with Crippen LogP contribution in [-0.4, -0.2) is 52.6 Å². The number of aromatic hydroxyl groups is 2. The molecule has 47 heavy (non-hydrogen) atoms. The van der Waals surface area contributed by atoms with Crippen molar-refractivity contribution in [2.75, 3.05) is 27.4 Å². The fourth-order valence-electron chi connectivity index (χ4n) is 5.19. The third kappa shape index (κ3) is 11.5. The number of nitrogens with zero attached hydrogens (tertiary/aromatic N) is 3. The fourth-order valence-corrected chi connectivity index (χ4v) is 5.19. The number of para-hydroxylation sites is 1. The predicted molar refractivity (Wildman–Crippen MR) is 190 cm³/mol. The molecule has 1 aromatic heterocycles. The van der Waals surface area contributed by atoms with Crippen molar-refractivity contribution in [3.8, 4) is 57.2 Å². The van der Waals surface area contributed by atoms with Crippen molar-refractivity contribution in [1.29, 1.82) is 0 Å². The highest BCUT2D eigenvalue weighted by molar-refractivity contribution is 5.72. The van der Waals surface area contributed by atoms with Gasteiger partial charge in [0.1, 0.15) is 23.0 Å². The molecule has 3 aromatic carbocycles. The van der Waals surface area contributed by atoms with E-state index in [9.17, 15) is 10.2 Å². The topological polar surface area (TPSA) is 107 Å². The molecule has 1 heterocycles. The number of hydrogen-bond acceptors (Lipinski definition) is 8. The number of ether oxygens (including phenoxy) is 3. The van der Waals surface area contributed by atoms with E-state index in [2.05, 4.69) is 42.6 Å². The molecule has 0 fully saturated rings. The second kappa shape index (κ2) is 20.1. The Labute approximate surface area is 281 Å². The molecule has 0 saturated heterocycles. The van der Waals surface area contributed by atoms with Gasteiger partial charge in [0.15, 0.2) is 17.5 Å². The van der Waals surface area contributed by atoms with Crippen LogP contribution in [0.1, 0.15) is 79.1 Å². The molecule has 254 valence electrons. The molecular formula is C39H53N3O5. The highest BCUT2D eigenvalue weighted by Crippen LogP contribution is 2.34. The Bertz CT molecular complexity index is 1480. The predicted octanol–water partition coefficient (Wildman–Crippen LogP) is 9.74. The van der Waals surface area contributed by atoms with Crippen LogP contribution in [0.3, 0.4) is 0 Å². The Hall–Kier alpha value is -4.17. The van der Waals surface area contributed by atoms with Gasteiger partial charge in [0, 0.05) is 25.3 Å². The summed E-state index contributed by atoms with van der Waals surface area (Å²) >= 11 is 0. The lowest BCUT2D eigenvalue weighted by Gasteiger charge is -2.16. The molecule has 2 atom stereocenters. The molecule has 0 aliphatic rings. The van der Waals surface area contributed by atoms with Crippen LogP contribution in [0.2, 0.25) is 0 Å². The first-order valence-electron chi connectivity index (χ1n) is 17.0. The molecule has 4 rings (SSSR count). The summed E-state index contributed by atoms with van der Waals surface area (Å²) in [5.74, 6) is 3.66. The average molecular weight is 644 g/mol. The largest absolute Gasteiger partial charge is 0.507 e. The summed E-state index contributed by atoms with van der Waals surface area (Å²) in [6, 6.07) is 19.4. The Morgan fingerprint density at radius 1 is 0.617 bits per heavy atom. The Morgan fingerprint density at radius 2 is 1.17 bits per heavy atom. The zero-order chi connectivity index (χ0) is 34.0. The Morgan fingerprint density at radius 3 is 1.70 bits per heavy atom. The summed E-state index contributed by atoms with van der Waals surface area (Å²) in [5, 5.41) is 21.3. The van der Waals surface area contributed by atoms with Crippen LogP contribution in [0, 0.1) is 11.8 Å². The van der Waals surface area contributed by atoms with Gasteiger partial charge in [-0.1, -0.05) is 78.4 Å². The van der Waals surface area contributed by atoms with Crippen molar-refractivity contribution in [1.82, 2.24) is 15.0 Å². The van der Waals surface area contributed by atoms with Crippen molar-refractivity contribution in [3.05, 3.63) is 66.7 Å². The number of methoxy groups -OCH3 is 2. The quantitative estimate of drug-likeness (QED) is 0.117. The van der Waals surface area contributed by atoms with Crippen LogP contribution in [0.4, 0.5) is 0 Å². The zero-order valence-electron chi connectivity index (χ0n) is 29.0. The van der Waals surface area contributed by atoms with E-state index in [4.69, 9.17) is 14.2 Å². The van der Waals surface area contributed by atoms with E-state index in [1.165, 1.54) is 38.5 Å². The number of aromatic nitrogens is 3. The van der Waals surface area contributed by atoms with Gasteiger partial charge >= 0.3 is 0 Å². The van der Waals surface area contributed by atoms with Crippen LogP contribution in [0.5, 0.6) is 23.0 Å². The number of benzene rings is 3. The van der Waals surface area contributed by atoms with Crippen LogP contribution < -0.4 is 9.47 Å². The molecule has 0 aliphatic carbocycles. The maximum Gasteiger partial charge on any atom is 0.167 e. The highest BCUT2D eigenvalue weighted by atomic mass is 16.5. The summed E-state index contributed by atoms with van der Waals surface area (Å²) < 4.78 is 16.3. The molecule has 2 unspecified atom stereocenters. The minimum Gasteiger partial charge on any atom is -0.507 e. The van der Waals surface area contributed by atoms with E-state index in [1.807, 2.05) is 30.3 Å². The Kier molecular flexibility index (Phi) is 16.0. The van der Waals surface area contributed by atoms with Crippen molar-refractivity contribution >= 4 is 0 Å². The van der Waals surface area contributed by atoms with E-state index in [0.717, 1.165) is 30.9 Å². The van der Waals surface area contributed by atoms with E-state index < -0.39 is 0 Å². The van der Waals surface area contributed by atoms with Gasteiger partial charge < -0.3 is 24.4 Å². The first kappa shape index (κ1) is 37.3. The van der Waals surface area contributed by atoms with Crippen molar-refractivity contribution in [2.24, 2.45) is 11.8 Å². The van der Waals surface area contributed by atoms with Crippen molar-refractivity contribution in [2.45, 2.75) is 79.1 Å². The lowest BCUT2D eigenvalue weighted by Crippen LogP contribution is -2.11. The first-order chi connectivity index (χ1) is 22.9. The standard InChI is InChI=1S/C30H33N3O4.C9H20O/c1-4-6-9-20(5-2)19-37-23-16-17-25(27(35)18-23)30-32-28(21-12-14-22(36-3)15-13-21)31-29(33-30)24-10-7-8-11-26(24)34;1-4-6-7-9(5-2)8-10-3/h7-8,10-18,20,34-35H,4-6,9,19H2,1-3H3;9H,4-8H2,1-3H3. The summed E-state index contributed by atoms with van der Waals surface area (Å²) in [5.41, 5.74) is 1.66. The van der Waals surface area contributed by atoms with E-state index in [0.29, 0.717) is 46.8 Å². The number of rotatable bonds is 17. The fraction of sp³-hybridized carbons (Fsp3) is 0.462. The molecular weight excluding hydrogens is 590 g/mol. The molecule has 0 bridgehead atoms. The molecule has 0 spiro atoms. The molecule has 8 nitrogen and oxygen atoms in total. The van der Waals surface area contributed by atoms with Gasteiger partial charge in [0.05, 0.1) is 24.8 Å². The van der Waals surface area contributed by atoms with Gasteiger partial charge in [-0.3, -0.25) is 0 Å². The normalized spacial score (nSPS) is 12.1.